The summed E-state index contributed by atoms with van der Waals surface area (Å²) >= 11 is 0. The molecule has 58 valence electrons. The van der Waals surface area contributed by atoms with Gasteiger partial charge in [0.05, 0.1) is 0 Å². The van der Waals surface area contributed by atoms with E-state index < -0.39 is 0 Å². The van der Waals surface area contributed by atoms with Gasteiger partial charge >= 0.3 is 0 Å². The molecule has 0 aliphatic heterocycles. The van der Waals surface area contributed by atoms with Crippen molar-refractivity contribution in [3.05, 3.63) is 11.6 Å². The summed E-state index contributed by atoms with van der Waals surface area (Å²) in [6.07, 6.45) is 4.80. The number of hydrogen-bond acceptors (Lipinski definition) is 1. The van der Waals surface area contributed by atoms with E-state index in [2.05, 4.69) is 8.93 Å². The van der Waals surface area contributed by atoms with E-state index in [1.165, 1.54) is 12.8 Å². The van der Waals surface area contributed by atoms with Crippen LogP contribution in [0.2, 0.25) is 0 Å². The van der Waals surface area contributed by atoms with Gasteiger partial charge in [0.1, 0.15) is 0 Å². The van der Waals surface area contributed by atoms with Gasteiger partial charge in [-0.05, 0) is 18.8 Å². The first kappa shape index (κ1) is 8.50. The molecule has 0 aromatic rings. The fraction of sp³-hybridized carbons (Fsp3) is 0.714. The van der Waals surface area contributed by atoms with Crippen LogP contribution in [-0.4, -0.2) is 0 Å². The molecule has 1 aliphatic rings. The van der Waals surface area contributed by atoms with Crippen molar-refractivity contribution in [3.63, 3.8) is 0 Å². The maximum Gasteiger partial charge on any atom is 0.0442 e. The lowest BCUT2D eigenvalue weighted by molar-refractivity contribution is -0.314. The molecule has 2 atom stereocenters. The van der Waals surface area contributed by atoms with Crippen LogP contribution in [0.15, 0.2) is 11.6 Å². The van der Waals surface area contributed by atoms with Crippen molar-refractivity contribution < 1.29 is 5.11 Å². The second-order valence-corrected chi connectivity index (χ2v) is 4.62. The number of rotatable bonds is 2. The van der Waals surface area contributed by atoms with Crippen LogP contribution in [0, 0.1) is 5.92 Å². The Morgan fingerprint density at radius 2 is 2.10 bits per heavy atom. The lowest BCUT2D eigenvalue weighted by atomic mass is 10.1. The minimum Gasteiger partial charge on any atom is -0.873 e. The third-order valence-electron chi connectivity index (χ3n) is 2.02. The molecule has 0 N–H and O–H groups in total. The van der Waals surface area contributed by atoms with Gasteiger partial charge in [0.25, 0.3) is 0 Å². The van der Waals surface area contributed by atoms with Gasteiger partial charge in [-0.1, -0.05) is 18.6 Å². The van der Waals surface area contributed by atoms with Crippen LogP contribution in [0.3, 0.4) is 0 Å². The fourth-order valence-electron chi connectivity index (χ4n) is 1.44. The monoisotopic (exact) mass is 176 g/mol. The summed E-state index contributed by atoms with van der Waals surface area (Å²) in [7, 11) is 2.83. The smallest absolute Gasteiger partial charge is 0.0442 e. The number of hydrogen-bond donors (Lipinski definition) is 0. The zero-order valence-electron chi connectivity index (χ0n) is 6.05. The molecule has 0 bridgehead atoms. The topological polar surface area (TPSA) is 23.1 Å². The second kappa shape index (κ2) is 4.31. The molecule has 0 aromatic heterocycles. The van der Waals surface area contributed by atoms with E-state index in [1.807, 2.05) is 5.82 Å². The molecule has 0 aromatic carbocycles. The van der Waals surface area contributed by atoms with Crippen LogP contribution < -0.4 is 5.11 Å². The van der Waals surface area contributed by atoms with Gasteiger partial charge in [-0.3, -0.25) is 0 Å². The molecule has 1 rings (SSSR count). The van der Waals surface area contributed by atoms with Crippen LogP contribution >= 0.6 is 17.2 Å². The van der Waals surface area contributed by atoms with E-state index in [4.69, 9.17) is 0 Å². The molecule has 0 radical (unpaired) electrons. The lowest BCUT2D eigenvalue weighted by Gasteiger charge is -2.16. The normalized spacial score (nSPS) is 23.1. The first-order chi connectivity index (χ1) is 4.84. The van der Waals surface area contributed by atoms with E-state index >= 15 is 0 Å². The first-order valence-corrected chi connectivity index (χ1v) is 7.10. The summed E-state index contributed by atoms with van der Waals surface area (Å²) in [5, 5.41) is 11.2. The van der Waals surface area contributed by atoms with Crippen LogP contribution in [0.5, 0.6) is 0 Å². The minimum atomic E-state index is 0.191. The molecular formula is C7H14OP2. The molecule has 1 fully saturated rings. The van der Waals surface area contributed by atoms with Crippen LogP contribution in [0.1, 0.15) is 25.7 Å². The minimum absolute atomic E-state index is 0.191. The Labute approximate surface area is 66.2 Å². The highest BCUT2D eigenvalue weighted by Gasteiger charge is 2.13. The Balaban J connectivity index is 2.39. The molecule has 0 saturated heterocycles. The molecule has 1 aliphatic carbocycles. The highest BCUT2D eigenvalue weighted by molar-refractivity contribution is 8.04. The molecule has 3 heteroatoms. The van der Waals surface area contributed by atoms with Crippen LogP contribution in [0.25, 0.3) is 0 Å². The van der Waals surface area contributed by atoms with Crippen molar-refractivity contribution in [2.24, 2.45) is 5.92 Å². The summed E-state index contributed by atoms with van der Waals surface area (Å²) in [6, 6.07) is 0. The van der Waals surface area contributed by atoms with Gasteiger partial charge < -0.3 is 5.11 Å². The van der Waals surface area contributed by atoms with E-state index in [1.54, 1.807) is 0 Å². The standard InChI is InChI=1S/C7H14OP2/c8-7(5-10-9)6-3-1-2-4-6/h5-6,8,10H,1-4,9H2/b7-5+. The Morgan fingerprint density at radius 3 is 2.60 bits per heavy atom. The van der Waals surface area contributed by atoms with Crippen molar-refractivity contribution in [1.29, 1.82) is 0 Å². The second-order valence-electron chi connectivity index (χ2n) is 2.74. The van der Waals surface area contributed by atoms with Gasteiger partial charge in [-0.2, -0.15) is 0 Å². The zero-order valence-corrected chi connectivity index (χ0v) is 8.36. The van der Waals surface area contributed by atoms with E-state index in [0.717, 1.165) is 12.8 Å². The summed E-state index contributed by atoms with van der Waals surface area (Å²) in [5.74, 6) is 2.68. The fourth-order valence-corrected chi connectivity index (χ4v) is 2.47. The molecule has 0 heterocycles. The van der Waals surface area contributed by atoms with Gasteiger partial charge in [-0.15, -0.1) is 0 Å². The summed E-state index contributed by atoms with van der Waals surface area (Å²) in [4.78, 5) is 0. The first-order valence-electron chi connectivity index (χ1n) is 3.76. The van der Waals surface area contributed by atoms with Crippen molar-refractivity contribution in [1.82, 2.24) is 0 Å². The molecule has 0 spiro atoms. The summed E-state index contributed by atoms with van der Waals surface area (Å²) < 4.78 is 0. The highest BCUT2D eigenvalue weighted by atomic mass is 32.0. The maximum absolute atomic E-state index is 11.2. The van der Waals surface area contributed by atoms with Crippen molar-refractivity contribution >= 4 is 17.2 Å². The quantitative estimate of drug-likeness (QED) is 0.462. The Hall–Kier alpha value is 0.400. The van der Waals surface area contributed by atoms with Crippen molar-refractivity contribution in [3.8, 4) is 0 Å². The Kier molecular flexibility index (Phi) is 3.66. The predicted molar refractivity (Wildman–Crippen MR) is 49.5 cm³/mol. The summed E-state index contributed by atoms with van der Waals surface area (Å²) in [6.45, 7) is 0. The SMILES string of the molecule is [O-]/C(=C/[PH2+]P)C1CCCC1. The molecule has 10 heavy (non-hydrogen) atoms. The number of allylic oxidation sites excluding steroid dienone is 1. The van der Waals surface area contributed by atoms with Gasteiger partial charge in [-0.25, -0.2) is 0 Å². The van der Waals surface area contributed by atoms with Gasteiger partial charge in [0, 0.05) is 23.0 Å². The van der Waals surface area contributed by atoms with E-state index in [-0.39, 0.29) is 8.27 Å². The molecule has 2 unspecified atom stereocenters. The molecular weight excluding hydrogens is 162 g/mol. The third kappa shape index (κ3) is 2.22. The van der Waals surface area contributed by atoms with Gasteiger partial charge in [0.15, 0.2) is 0 Å². The molecule has 0 amide bonds. The van der Waals surface area contributed by atoms with E-state index in [9.17, 15) is 5.11 Å². The Morgan fingerprint density at radius 1 is 1.50 bits per heavy atom. The summed E-state index contributed by atoms with van der Waals surface area (Å²) in [5.41, 5.74) is 0. The van der Waals surface area contributed by atoms with E-state index in [0.29, 0.717) is 11.7 Å². The molecule has 1 nitrogen and oxygen atoms in total. The van der Waals surface area contributed by atoms with Crippen molar-refractivity contribution in [2.45, 2.75) is 25.7 Å². The zero-order chi connectivity index (χ0) is 7.40. The average Bonchev–Trinajstić information content (AvgIpc) is 2.38. The van der Waals surface area contributed by atoms with Crippen LogP contribution in [-0.2, 0) is 0 Å². The predicted octanol–water partition coefficient (Wildman–Crippen LogP) is 1.58. The van der Waals surface area contributed by atoms with Gasteiger partial charge in [0.2, 0.25) is 0 Å². The third-order valence-corrected chi connectivity index (χ3v) is 3.12. The lowest BCUT2D eigenvalue weighted by Crippen LogP contribution is -2.11. The highest BCUT2D eigenvalue weighted by Crippen LogP contribution is 2.32. The molecule has 1 saturated carbocycles. The maximum atomic E-state index is 11.2. The van der Waals surface area contributed by atoms with Crippen LogP contribution in [0.4, 0.5) is 0 Å². The van der Waals surface area contributed by atoms with Crippen molar-refractivity contribution in [2.75, 3.05) is 0 Å². The largest absolute Gasteiger partial charge is 0.873 e. The Bertz CT molecular complexity index is 128. The average molecular weight is 176 g/mol.